The van der Waals surface area contributed by atoms with Gasteiger partial charge >= 0.3 is 0 Å². The summed E-state index contributed by atoms with van der Waals surface area (Å²) in [5.41, 5.74) is 0. The van der Waals surface area contributed by atoms with E-state index in [9.17, 15) is 13.2 Å². The molecule has 0 saturated heterocycles. The second-order valence-electron chi connectivity index (χ2n) is 5.04. The van der Waals surface area contributed by atoms with Crippen molar-refractivity contribution in [3.05, 3.63) is 34.3 Å². The highest BCUT2D eigenvalue weighted by molar-refractivity contribution is 7.89. The zero-order chi connectivity index (χ0) is 17.7. The maximum Gasteiger partial charge on any atom is 0.244 e. The maximum atomic E-state index is 12.2. The van der Waals surface area contributed by atoms with Crippen molar-refractivity contribution in [2.75, 3.05) is 5.32 Å². The average Bonchev–Trinajstić information content (AvgIpc) is 2.94. The Hall–Kier alpha value is -1.55. The largest absolute Gasteiger partial charge is 0.299 e. The molecule has 2 N–H and O–H groups in total. The van der Waals surface area contributed by atoms with Crippen LogP contribution in [-0.2, 0) is 21.2 Å². The molecule has 0 spiro atoms. The fraction of sp³-hybridized carbons (Fsp3) is 0.357. The summed E-state index contributed by atoms with van der Waals surface area (Å²) < 4.78 is 26.8. The molecule has 130 valence electrons. The van der Waals surface area contributed by atoms with Crippen LogP contribution in [0.4, 0.5) is 5.13 Å². The fourth-order valence-corrected chi connectivity index (χ4v) is 3.97. The molecule has 0 aliphatic rings. The summed E-state index contributed by atoms with van der Waals surface area (Å²) in [5.74, 6) is -0.508. The Balaban J connectivity index is 2.00. The van der Waals surface area contributed by atoms with Gasteiger partial charge in [0.1, 0.15) is 5.01 Å². The molecule has 1 unspecified atom stereocenters. The molecule has 0 fully saturated rings. The van der Waals surface area contributed by atoms with Gasteiger partial charge in [0, 0.05) is 11.4 Å². The Morgan fingerprint density at radius 1 is 1.29 bits per heavy atom. The molecule has 10 heteroatoms. The van der Waals surface area contributed by atoms with E-state index in [0.29, 0.717) is 10.2 Å². The van der Waals surface area contributed by atoms with Crippen molar-refractivity contribution < 1.29 is 13.2 Å². The van der Waals surface area contributed by atoms with Gasteiger partial charge < -0.3 is 0 Å². The minimum Gasteiger partial charge on any atom is -0.299 e. The van der Waals surface area contributed by atoms with Gasteiger partial charge in [-0.2, -0.15) is 4.72 Å². The first kappa shape index (κ1) is 18.8. The summed E-state index contributed by atoms with van der Waals surface area (Å²) in [6.07, 6.45) is 1.71. The molecule has 7 nitrogen and oxygen atoms in total. The number of aryl methyl sites for hydroxylation is 1. The Bertz CT molecular complexity index is 806. The summed E-state index contributed by atoms with van der Waals surface area (Å²) >= 11 is 7.01. The smallest absolute Gasteiger partial charge is 0.244 e. The Morgan fingerprint density at radius 2 is 1.96 bits per heavy atom. The Labute approximate surface area is 149 Å². The SMILES string of the molecule is CCCc1nnc(NC(=O)C(C)NS(=O)(=O)c2ccc(Cl)cc2)s1. The molecule has 2 aromatic rings. The van der Waals surface area contributed by atoms with E-state index in [0.717, 1.165) is 17.8 Å². The normalized spacial score (nSPS) is 12.8. The van der Waals surface area contributed by atoms with E-state index in [2.05, 4.69) is 20.2 Å². The third-order valence-corrected chi connectivity index (χ3v) is 5.72. The summed E-state index contributed by atoms with van der Waals surface area (Å²) in [5, 5.41) is 12.0. The van der Waals surface area contributed by atoms with Crippen LogP contribution in [0.15, 0.2) is 29.2 Å². The van der Waals surface area contributed by atoms with E-state index in [1.54, 1.807) is 0 Å². The second-order valence-corrected chi connectivity index (χ2v) is 8.25. The van der Waals surface area contributed by atoms with Crippen molar-refractivity contribution in [1.29, 1.82) is 0 Å². The summed E-state index contributed by atoms with van der Waals surface area (Å²) in [6.45, 7) is 3.48. The molecule has 0 aliphatic heterocycles. The average molecular weight is 389 g/mol. The third-order valence-electron chi connectivity index (χ3n) is 3.01. The number of anilines is 1. The molecule has 1 aromatic carbocycles. The van der Waals surface area contributed by atoms with Crippen LogP contribution >= 0.6 is 22.9 Å². The van der Waals surface area contributed by atoms with E-state index in [1.807, 2.05) is 6.92 Å². The van der Waals surface area contributed by atoms with Gasteiger partial charge in [0.05, 0.1) is 10.9 Å². The minimum absolute atomic E-state index is 0.0349. The van der Waals surface area contributed by atoms with Crippen molar-refractivity contribution in [3.63, 3.8) is 0 Å². The van der Waals surface area contributed by atoms with Crippen LogP contribution in [0, 0.1) is 0 Å². The Morgan fingerprint density at radius 3 is 2.58 bits per heavy atom. The summed E-state index contributed by atoms with van der Waals surface area (Å²) in [4.78, 5) is 12.2. The molecule has 1 aromatic heterocycles. The molecule has 0 radical (unpaired) electrons. The van der Waals surface area contributed by atoms with Gasteiger partial charge in [0.2, 0.25) is 21.1 Å². The van der Waals surface area contributed by atoms with Crippen molar-refractivity contribution in [1.82, 2.24) is 14.9 Å². The number of nitrogens with zero attached hydrogens (tertiary/aromatic N) is 2. The predicted octanol–water partition coefficient (Wildman–Crippen LogP) is 2.45. The highest BCUT2D eigenvalue weighted by Gasteiger charge is 2.22. The van der Waals surface area contributed by atoms with Crippen molar-refractivity contribution in [2.24, 2.45) is 0 Å². The highest BCUT2D eigenvalue weighted by atomic mass is 35.5. The lowest BCUT2D eigenvalue weighted by Crippen LogP contribution is -2.41. The van der Waals surface area contributed by atoms with Crippen LogP contribution in [0.3, 0.4) is 0 Å². The van der Waals surface area contributed by atoms with Gasteiger partial charge in [-0.05, 0) is 37.6 Å². The first-order valence-electron chi connectivity index (χ1n) is 7.23. The quantitative estimate of drug-likeness (QED) is 0.758. The number of rotatable bonds is 7. The van der Waals surface area contributed by atoms with Crippen LogP contribution in [0.5, 0.6) is 0 Å². The topological polar surface area (TPSA) is 101 Å². The summed E-state index contributed by atoms with van der Waals surface area (Å²) in [6, 6.07) is 4.72. The van der Waals surface area contributed by atoms with E-state index in [1.165, 1.54) is 42.5 Å². The number of carbonyl (C=O) groups excluding carboxylic acids is 1. The number of halogens is 1. The standard InChI is InChI=1S/C14H17ClN4O3S2/c1-3-4-12-17-18-14(23-12)16-13(20)9(2)19-24(21,22)11-7-5-10(15)6-8-11/h5-9,19H,3-4H2,1-2H3,(H,16,18,20). The van der Waals surface area contributed by atoms with Gasteiger partial charge in [-0.3, -0.25) is 10.1 Å². The number of hydrogen-bond acceptors (Lipinski definition) is 6. The first-order valence-corrected chi connectivity index (χ1v) is 9.90. The second kappa shape index (κ2) is 8.02. The molecule has 0 aliphatic carbocycles. The van der Waals surface area contributed by atoms with Crippen LogP contribution in [-0.4, -0.2) is 30.6 Å². The zero-order valence-corrected chi connectivity index (χ0v) is 15.5. The maximum absolute atomic E-state index is 12.2. The molecule has 0 bridgehead atoms. The molecule has 1 heterocycles. The predicted molar refractivity (Wildman–Crippen MR) is 93.8 cm³/mol. The molecule has 24 heavy (non-hydrogen) atoms. The van der Waals surface area contributed by atoms with Crippen LogP contribution in [0.25, 0.3) is 0 Å². The monoisotopic (exact) mass is 388 g/mol. The minimum atomic E-state index is -3.82. The lowest BCUT2D eigenvalue weighted by Gasteiger charge is -2.13. The van der Waals surface area contributed by atoms with E-state index in [-0.39, 0.29) is 4.90 Å². The zero-order valence-electron chi connectivity index (χ0n) is 13.1. The van der Waals surface area contributed by atoms with E-state index >= 15 is 0 Å². The first-order chi connectivity index (χ1) is 11.3. The van der Waals surface area contributed by atoms with Gasteiger partial charge in [0.15, 0.2) is 0 Å². The molecule has 1 amide bonds. The molecule has 2 rings (SSSR count). The van der Waals surface area contributed by atoms with Crippen molar-refractivity contribution in [3.8, 4) is 0 Å². The van der Waals surface area contributed by atoms with Crippen LogP contribution < -0.4 is 10.0 Å². The number of sulfonamides is 1. The lowest BCUT2D eigenvalue weighted by molar-refractivity contribution is -0.117. The number of benzene rings is 1. The fourth-order valence-electron chi connectivity index (χ4n) is 1.80. The van der Waals surface area contributed by atoms with Crippen LogP contribution in [0.2, 0.25) is 5.02 Å². The van der Waals surface area contributed by atoms with Crippen molar-refractivity contribution in [2.45, 2.75) is 37.6 Å². The van der Waals surface area contributed by atoms with Crippen LogP contribution in [0.1, 0.15) is 25.3 Å². The number of aromatic nitrogens is 2. The van der Waals surface area contributed by atoms with Gasteiger partial charge in [-0.1, -0.05) is 29.9 Å². The van der Waals surface area contributed by atoms with Gasteiger partial charge in [-0.25, -0.2) is 8.42 Å². The van der Waals surface area contributed by atoms with Gasteiger partial charge in [0.25, 0.3) is 0 Å². The van der Waals surface area contributed by atoms with Crippen molar-refractivity contribution >= 4 is 44.0 Å². The van der Waals surface area contributed by atoms with E-state index < -0.39 is 22.0 Å². The lowest BCUT2D eigenvalue weighted by atomic mass is 10.3. The molecule has 1 atom stereocenters. The molecular formula is C14H17ClN4O3S2. The number of amides is 1. The molecule has 0 saturated carbocycles. The number of nitrogens with one attached hydrogen (secondary N) is 2. The summed E-state index contributed by atoms with van der Waals surface area (Å²) in [7, 11) is -3.82. The Kier molecular flexibility index (Phi) is 6.27. The van der Waals surface area contributed by atoms with E-state index in [4.69, 9.17) is 11.6 Å². The highest BCUT2D eigenvalue weighted by Crippen LogP contribution is 2.17. The molecular weight excluding hydrogens is 372 g/mol. The van der Waals surface area contributed by atoms with Gasteiger partial charge in [-0.15, -0.1) is 10.2 Å². The number of hydrogen-bond donors (Lipinski definition) is 2. The number of carbonyl (C=O) groups is 1. The third kappa shape index (κ3) is 4.97.